The monoisotopic (exact) mass is 418 g/mol. The summed E-state index contributed by atoms with van der Waals surface area (Å²) in [7, 11) is 0. The lowest BCUT2D eigenvalue weighted by atomic mass is 10.0. The number of hydrogen-bond acceptors (Lipinski definition) is 3. The maximum Gasteiger partial charge on any atom is 0.278 e. The average Bonchev–Trinajstić information content (AvgIpc) is 2.98. The summed E-state index contributed by atoms with van der Waals surface area (Å²) in [4.78, 5) is 27.5. The van der Waals surface area contributed by atoms with E-state index >= 15 is 0 Å². The van der Waals surface area contributed by atoms with Crippen molar-refractivity contribution >= 4 is 23.1 Å². The normalized spacial score (nSPS) is 13.8. The quantitative estimate of drug-likeness (QED) is 0.590. The number of nitrogens with zero attached hydrogens (tertiary/aromatic N) is 1. The second kappa shape index (κ2) is 8.52. The fourth-order valence-electron chi connectivity index (χ4n) is 3.49. The van der Waals surface area contributed by atoms with E-state index in [-0.39, 0.29) is 23.6 Å². The summed E-state index contributed by atoms with van der Waals surface area (Å²) in [6.07, 6.45) is 0.395. The van der Waals surface area contributed by atoms with Crippen LogP contribution in [0.25, 0.3) is 5.57 Å². The van der Waals surface area contributed by atoms with E-state index in [4.69, 9.17) is 0 Å². The van der Waals surface area contributed by atoms with Gasteiger partial charge in [-0.05, 0) is 54.8 Å². The fourth-order valence-corrected chi connectivity index (χ4v) is 3.49. The highest BCUT2D eigenvalue weighted by atomic mass is 19.1. The van der Waals surface area contributed by atoms with E-state index in [1.54, 1.807) is 30.3 Å². The van der Waals surface area contributed by atoms with Crippen LogP contribution in [-0.4, -0.2) is 23.3 Å². The Morgan fingerprint density at radius 2 is 1.55 bits per heavy atom. The van der Waals surface area contributed by atoms with E-state index in [2.05, 4.69) is 5.32 Å². The van der Waals surface area contributed by atoms with Crippen LogP contribution in [0.4, 0.5) is 14.5 Å². The minimum Gasteiger partial charge on any atom is -0.350 e. The molecule has 0 spiro atoms. The van der Waals surface area contributed by atoms with Gasteiger partial charge in [0.05, 0.1) is 5.57 Å². The van der Waals surface area contributed by atoms with Gasteiger partial charge in [0.2, 0.25) is 0 Å². The van der Waals surface area contributed by atoms with Gasteiger partial charge >= 0.3 is 0 Å². The summed E-state index contributed by atoms with van der Waals surface area (Å²) >= 11 is 0. The molecule has 3 aromatic carbocycles. The average molecular weight is 418 g/mol. The molecule has 0 aromatic heterocycles. The van der Waals surface area contributed by atoms with Crippen LogP contribution >= 0.6 is 0 Å². The summed E-state index contributed by atoms with van der Waals surface area (Å²) in [5.74, 6) is -1.70. The lowest BCUT2D eigenvalue weighted by molar-refractivity contribution is -0.136. The summed E-state index contributed by atoms with van der Waals surface area (Å²) in [6, 6.07) is 18.9. The highest BCUT2D eigenvalue weighted by Crippen LogP contribution is 2.31. The molecule has 1 aliphatic heterocycles. The van der Waals surface area contributed by atoms with E-state index < -0.39 is 17.6 Å². The SMILES string of the molecule is Cc1ccc(C2=C(Nc3cccc(F)c3)C(=O)N(CCc3ccc(F)cc3)C2=O)cc1. The first kappa shape index (κ1) is 20.5. The molecule has 1 N–H and O–H groups in total. The second-order valence-corrected chi connectivity index (χ2v) is 7.39. The molecule has 156 valence electrons. The Hall–Kier alpha value is -3.80. The highest BCUT2D eigenvalue weighted by Gasteiger charge is 2.38. The molecule has 0 radical (unpaired) electrons. The largest absolute Gasteiger partial charge is 0.350 e. The third-order valence-electron chi connectivity index (χ3n) is 5.14. The van der Waals surface area contributed by atoms with Crippen LogP contribution in [0.5, 0.6) is 0 Å². The van der Waals surface area contributed by atoms with Gasteiger partial charge in [-0.15, -0.1) is 0 Å². The van der Waals surface area contributed by atoms with Gasteiger partial charge < -0.3 is 5.32 Å². The first-order chi connectivity index (χ1) is 14.9. The second-order valence-electron chi connectivity index (χ2n) is 7.39. The van der Waals surface area contributed by atoms with Crippen LogP contribution in [-0.2, 0) is 16.0 Å². The van der Waals surface area contributed by atoms with Crippen LogP contribution < -0.4 is 5.32 Å². The molecule has 0 unspecified atom stereocenters. The third kappa shape index (κ3) is 4.38. The third-order valence-corrected chi connectivity index (χ3v) is 5.14. The van der Waals surface area contributed by atoms with Gasteiger partial charge in [-0.2, -0.15) is 0 Å². The first-order valence-corrected chi connectivity index (χ1v) is 9.87. The molecule has 0 atom stereocenters. The highest BCUT2D eigenvalue weighted by molar-refractivity contribution is 6.36. The summed E-state index contributed by atoms with van der Waals surface area (Å²) in [6.45, 7) is 2.08. The molecule has 4 nitrogen and oxygen atoms in total. The molecule has 1 heterocycles. The topological polar surface area (TPSA) is 49.4 Å². The minimum absolute atomic E-state index is 0.110. The summed E-state index contributed by atoms with van der Waals surface area (Å²) in [5.41, 5.74) is 3.17. The number of carbonyl (C=O) groups excluding carboxylic acids is 2. The van der Waals surface area contributed by atoms with Gasteiger partial charge in [0.25, 0.3) is 11.8 Å². The van der Waals surface area contributed by atoms with Crippen LogP contribution in [0.15, 0.2) is 78.5 Å². The Morgan fingerprint density at radius 3 is 2.23 bits per heavy atom. The van der Waals surface area contributed by atoms with Crippen LogP contribution in [0, 0.1) is 18.6 Å². The first-order valence-electron chi connectivity index (χ1n) is 9.87. The van der Waals surface area contributed by atoms with Gasteiger partial charge in [0, 0.05) is 12.2 Å². The van der Waals surface area contributed by atoms with Gasteiger partial charge in [0.15, 0.2) is 0 Å². The van der Waals surface area contributed by atoms with E-state index in [1.807, 2.05) is 19.1 Å². The zero-order chi connectivity index (χ0) is 22.0. The number of anilines is 1. The molecule has 0 fully saturated rings. The maximum atomic E-state index is 13.6. The van der Waals surface area contributed by atoms with Crippen molar-refractivity contribution in [2.24, 2.45) is 0 Å². The van der Waals surface area contributed by atoms with Gasteiger partial charge in [-0.3, -0.25) is 14.5 Å². The lowest BCUT2D eigenvalue weighted by Gasteiger charge is -2.15. The summed E-state index contributed by atoms with van der Waals surface area (Å²) in [5, 5.41) is 2.94. The fraction of sp³-hybridized carbons (Fsp3) is 0.120. The molecular formula is C25H20F2N2O2. The predicted molar refractivity (Wildman–Crippen MR) is 115 cm³/mol. The number of amides is 2. The zero-order valence-electron chi connectivity index (χ0n) is 16.9. The Labute approximate surface area is 178 Å². The van der Waals surface area contributed by atoms with Crippen LogP contribution in [0.3, 0.4) is 0 Å². The van der Waals surface area contributed by atoms with E-state index in [0.29, 0.717) is 17.7 Å². The van der Waals surface area contributed by atoms with E-state index in [0.717, 1.165) is 11.1 Å². The molecule has 0 bridgehead atoms. The number of hydrogen-bond donors (Lipinski definition) is 1. The molecule has 6 heteroatoms. The van der Waals surface area contributed by atoms with Gasteiger partial charge in [-0.1, -0.05) is 48.0 Å². The van der Waals surface area contributed by atoms with Crippen molar-refractivity contribution in [3.8, 4) is 0 Å². The number of rotatable bonds is 6. The lowest BCUT2D eigenvalue weighted by Crippen LogP contribution is -2.34. The Kier molecular flexibility index (Phi) is 5.62. The van der Waals surface area contributed by atoms with Crippen molar-refractivity contribution in [2.75, 3.05) is 11.9 Å². The number of nitrogens with one attached hydrogen (secondary N) is 1. The number of halogens is 2. The van der Waals surface area contributed by atoms with Crippen LogP contribution in [0.2, 0.25) is 0 Å². The molecule has 0 saturated carbocycles. The van der Waals surface area contributed by atoms with Crippen molar-refractivity contribution < 1.29 is 18.4 Å². The van der Waals surface area contributed by atoms with Crippen molar-refractivity contribution in [1.82, 2.24) is 4.90 Å². The van der Waals surface area contributed by atoms with Gasteiger partial charge in [-0.25, -0.2) is 8.78 Å². The number of imide groups is 1. The number of benzene rings is 3. The molecule has 31 heavy (non-hydrogen) atoms. The van der Waals surface area contributed by atoms with Crippen molar-refractivity contribution in [3.63, 3.8) is 0 Å². The molecule has 2 amide bonds. The Balaban J connectivity index is 1.65. The van der Waals surface area contributed by atoms with Gasteiger partial charge in [0.1, 0.15) is 17.3 Å². The Morgan fingerprint density at radius 1 is 0.839 bits per heavy atom. The predicted octanol–water partition coefficient (Wildman–Crippen LogP) is 4.71. The summed E-state index contributed by atoms with van der Waals surface area (Å²) < 4.78 is 26.8. The molecular weight excluding hydrogens is 398 g/mol. The van der Waals surface area contributed by atoms with Crippen LogP contribution in [0.1, 0.15) is 16.7 Å². The maximum absolute atomic E-state index is 13.6. The number of aryl methyl sites for hydroxylation is 1. The molecule has 0 saturated heterocycles. The smallest absolute Gasteiger partial charge is 0.278 e. The van der Waals surface area contributed by atoms with E-state index in [9.17, 15) is 18.4 Å². The van der Waals surface area contributed by atoms with Crippen molar-refractivity contribution in [2.45, 2.75) is 13.3 Å². The zero-order valence-corrected chi connectivity index (χ0v) is 16.9. The van der Waals surface area contributed by atoms with Crippen molar-refractivity contribution in [3.05, 3.63) is 107 Å². The van der Waals surface area contributed by atoms with E-state index in [1.165, 1.54) is 35.2 Å². The van der Waals surface area contributed by atoms with Crippen molar-refractivity contribution in [1.29, 1.82) is 0 Å². The Bertz CT molecular complexity index is 1170. The molecule has 3 aromatic rings. The minimum atomic E-state index is -0.480. The molecule has 0 aliphatic carbocycles. The molecule has 1 aliphatic rings. The standard InChI is InChI=1S/C25H20F2N2O2/c1-16-5-9-18(10-6-16)22-23(28-21-4-2-3-20(27)15-21)25(31)29(24(22)30)14-13-17-7-11-19(26)12-8-17/h2-12,15,28H,13-14H2,1H3. The molecule has 4 rings (SSSR count). The number of carbonyl (C=O) groups is 2.